The molecule has 0 atom stereocenters. The van der Waals surface area contributed by atoms with Crippen molar-refractivity contribution < 1.29 is 28.9 Å². The Morgan fingerprint density at radius 1 is 1.04 bits per heavy atom. The van der Waals surface area contributed by atoms with Gasteiger partial charge in [-0.25, -0.2) is 0 Å². The van der Waals surface area contributed by atoms with Gasteiger partial charge in [-0.3, -0.25) is 4.79 Å². The molecule has 0 unspecified atom stereocenters. The van der Waals surface area contributed by atoms with Crippen LogP contribution in [0.5, 0.6) is 17.2 Å². The highest BCUT2D eigenvalue weighted by molar-refractivity contribution is 6.32. The maximum absolute atomic E-state index is 12.2. The zero-order chi connectivity index (χ0) is 20.1. The van der Waals surface area contributed by atoms with E-state index in [1.54, 1.807) is 12.1 Å². The molecule has 27 heavy (non-hydrogen) atoms. The summed E-state index contributed by atoms with van der Waals surface area (Å²) < 4.78 is 15.7. The van der Waals surface area contributed by atoms with Crippen molar-refractivity contribution in [3.05, 3.63) is 46.0 Å². The minimum absolute atomic E-state index is 0.0183. The van der Waals surface area contributed by atoms with E-state index in [9.17, 15) is 14.7 Å². The molecule has 0 radical (unpaired) electrons. The van der Waals surface area contributed by atoms with Gasteiger partial charge in [0.1, 0.15) is 5.75 Å². The summed E-state index contributed by atoms with van der Waals surface area (Å²) in [4.78, 5) is 23.6. The molecule has 0 saturated heterocycles. The van der Waals surface area contributed by atoms with Crippen molar-refractivity contribution >= 4 is 29.2 Å². The van der Waals surface area contributed by atoms with Gasteiger partial charge >= 0.3 is 0 Å². The lowest BCUT2D eigenvalue weighted by atomic mass is 10.1. The molecule has 2 aromatic carbocycles. The van der Waals surface area contributed by atoms with Crippen LogP contribution in [-0.2, 0) is 4.79 Å². The molecule has 0 heterocycles. The number of methoxy groups -OCH3 is 2. The average molecular weight is 393 g/mol. The third-order valence-electron chi connectivity index (χ3n) is 3.80. The first-order chi connectivity index (χ1) is 12.8. The van der Waals surface area contributed by atoms with Crippen LogP contribution in [0, 0.1) is 13.8 Å². The molecule has 0 aliphatic heterocycles. The molecule has 0 bridgehead atoms. The Morgan fingerprint density at radius 3 is 2.11 bits per heavy atom. The molecule has 2 aromatic rings. The fourth-order valence-electron chi connectivity index (χ4n) is 2.48. The van der Waals surface area contributed by atoms with E-state index >= 15 is 0 Å². The molecule has 0 aromatic heterocycles. The number of benzene rings is 2. The second-order valence-corrected chi connectivity index (χ2v) is 6.13. The minimum atomic E-state index is -1.46. The Bertz CT molecular complexity index is 858. The predicted octanol–water partition coefficient (Wildman–Crippen LogP) is 2.36. The van der Waals surface area contributed by atoms with Gasteiger partial charge < -0.3 is 29.4 Å². The summed E-state index contributed by atoms with van der Waals surface area (Å²) in [6, 6.07) is 5.99. The van der Waals surface area contributed by atoms with Crippen LogP contribution in [0.25, 0.3) is 0 Å². The molecule has 2 rings (SSSR count). The Morgan fingerprint density at radius 2 is 1.59 bits per heavy atom. The van der Waals surface area contributed by atoms with E-state index in [4.69, 9.17) is 25.8 Å². The summed E-state index contributed by atoms with van der Waals surface area (Å²) in [5, 5.41) is 14.5. The fraction of sp³-hybridized carbons (Fsp3) is 0.263. The summed E-state index contributed by atoms with van der Waals surface area (Å²) in [5.41, 5.74) is 1.43. The number of halogens is 1. The van der Waals surface area contributed by atoms with Gasteiger partial charge in [0.05, 0.1) is 25.9 Å². The van der Waals surface area contributed by atoms with Crippen LogP contribution >= 0.6 is 11.6 Å². The van der Waals surface area contributed by atoms with Crippen LogP contribution in [0.1, 0.15) is 21.5 Å². The second-order valence-electron chi connectivity index (χ2n) is 5.75. The van der Waals surface area contributed by atoms with Gasteiger partial charge in [0.25, 0.3) is 5.91 Å². The summed E-state index contributed by atoms with van der Waals surface area (Å²) in [7, 11) is 2.77. The van der Waals surface area contributed by atoms with E-state index in [0.717, 1.165) is 11.1 Å². The number of aromatic carboxylic acids is 1. The predicted molar refractivity (Wildman–Crippen MR) is 98.9 cm³/mol. The highest BCUT2D eigenvalue weighted by Crippen LogP contribution is 2.33. The van der Waals surface area contributed by atoms with Crippen LogP contribution in [0.3, 0.4) is 0 Å². The normalized spacial score (nSPS) is 10.3. The molecular formula is C19H19ClNO6-. The topological polar surface area (TPSA) is 96.9 Å². The number of nitrogens with one attached hydrogen (secondary N) is 1. The van der Waals surface area contributed by atoms with Crippen LogP contribution in [-0.4, -0.2) is 32.7 Å². The number of anilines is 1. The first-order valence-corrected chi connectivity index (χ1v) is 8.31. The lowest BCUT2D eigenvalue weighted by Crippen LogP contribution is -2.26. The highest BCUT2D eigenvalue weighted by Gasteiger charge is 2.15. The van der Waals surface area contributed by atoms with Crippen molar-refractivity contribution in [1.82, 2.24) is 0 Å². The maximum Gasteiger partial charge on any atom is 0.262 e. The van der Waals surface area contributed by atoms with E-state index in [0.29, 0.717) is 10.8 Å². The van der Waals surface area contributed by atoms with Gasteiger partial charge in [-0.1, -0.05) is 11.6 Å². The van der Waals surface area contributed by atoms with Gasteiger partial charge in [0.2, 0.25) is 0 Å². The van der Waals surface area contributed by atoms with Crippen molar-refractivity contribution in [2.24, 2.45) is 0 Å². The van der Waals surface area contributed by atoms with E-state index in [1.807, 2.05) is 13.8 Å². The summed E-state index contributed by atoms with van der Waals surface area (Å²) >= 11 is 6.10. The Balaban J connectivity index is 2.16. The number of amides is 1. The number of carboxylic acid groups (broad SMARTS) is 1. The first-order valence-electron chi connectivity index (χ1n) is 7.93. The molecule has 0 aliphatic carbocycles. The Hall–Kier alpha value is -2.93. The molecule has 0 fully saturated rings. The highest BCUT2D eigenvalue weighted by atomic mass is 35.5. The molecule has 0 spiro atoms. The van der Waals surface area contributed by atoms with E-state index in [1.165, 1.54) is 26.4 Å². The van der Waals surface area contributed by atoms with Gasteiger partial charge in [0.15, 0.2) is 18.1 Å². The average Bonchev–Trinajstić information content (AvgIpc) is 2.63. The largest absolute Gasteiger partial charge is 0.545 e. The number of carbonyl (C=O) groups is 2. The molecule has 0 saturated carbocycles. The van der Waals surface area contributed by atoms with Crippen LogP contribution in [0.15, 0.2) is 24.3 Å². The van der Waals surface area contributed by atoms with E-state index in [-0.39, 0.29) is 29.4 Å². The second kappa shape index (κ2) is 8.64. The number of ether oxygens (including phenoxy) is 3. The summed E-state index contributed by atoms with van der Waals surface area (Å²) in [6.45, 7) is 3.34. The van der Waals surface area contributed by atoms with Crippen molar-refractivity contribution in [1.29, 1.82) is 0 Å². The minimum Gasteiger partial charge on any atom is -0.545 e. The number of aryl methyl sites for hydroxylation is 2. The van der Waals surface area contributed by atoms with Crippen molar-refractivity contribution in [2.75, 3.05) is 26.1 Å². The maximum atomic E-state index is 12.2. The van der Waals surface area contributed by atoms with Crippen LogP contribution < -0.4 is 24.6 Å². The number of hydrogen-bond acceptors (Lipinski definition) is 6. The first kappa shape index (κ1) is 20.4. The monoisotopic (exact) mass is 392 g/mol. The number of carboxylic acids is 1. The summed E-state index contributed by atoms with van der Waals surface area (Å²) in [6.07, 6.45) is 0. The number of carbonyl (C=O) groups excluding carboxylic acids is 2. The summed E-state index contributed by atoms with van der Waals surface area (Å²) in [5.74, 6) is -1.05. The third-order valence-corrected chi connectivity index (χ3v) is 4.39. The van der Waals surface area contributed by atoms with Gasteiger partial charge in [0, 0.05) is 16.7 Å². The number of hydrogen-bond donors (Lipinski definition) is 1. The fourth-order valence-corrected chi connectivity index (χ4v) is 2.59. The Labute approximate surface area is 161 Å². The van der Waals surface area contributed by atoms with Crippen molar-refractivity contribution in [2.45, 2.75) is 13.8 Å². The molecule has 7 nitrogen and oxygen atoms in total. The zero-order valence-corrected chi connectivity index (χ0v) is 16.1. The number of rotatable bonds is 7. The Kier molecular flexibility index (Phi) is 6.52. The standard InChI is InChI=1S/C19H20ClNO6/c1-10-5-12(6-11(2)18(10)20)27-9-17(22)21-14-8-16(26-4)15(25-3)7-13(14)19(23)24/h5-8H,9H2,1-4H3,(H,21,22)(H,23,24)/p-1. The van der Waals surface area contributed by atoms with Crippen molar-refractivity contribution in [3.63, 3.8) is 0 Å². The molecular weight excluding hydrogens is 374 g/mol. The van der Waals surface area contributed by atoms with Gasteiger partial charge in [-0.05, 0) is 43.2 Å². The van der Waals surface area contributed by atoms with E-state index < -0.39 is 11.9 Å². The van der Waals surface area contributed by atoms with Gasteiger partial charge in [-0.2, -0.15) is 0 Å². The van der Waals surface area contributed by atoms with E-state index in [2.05, 4.69) is 5.32 Å². The molecule has 0 aliphatic rings. The van der Waals surface area contributed by atoms with Crippen LogP contribution in [0.2, 0.25) is 5.02 Å². The quantitative estimate of drug-likeness (QED) is 0.776. The zero-order valence-electron chi connectivity index (χ0n) is 15.3. The smallest absolute Gasteiger partial charge is 0.262 e. The molecule has 1 N–H and O–H groups in total. The van der Waals surface area contributed by atoms with Gasteiger partial charge in [-0.15, -0.1) is 0 Å². The third kappa shape index (κ3) is 4.83. The molecule has 1 amide bonds. The lowest BCUT2D eigenvalue weighted by Gasteiger charge is -2.16. The molecule has 8 heteroatoms. The van der Waals surface area contributed by atoms with Crippen molar-refractivity contribution in [3.8, 4) is 17.2 Å². The lowest BCUT2D eigenvalue weighted by molar-refractivity contribution is -0.254. The SMILES string of the molecule is COc1cc(NC(=O)COc2cc(C)c(Cl)c(C)c2)c(C(=O)[O-])cc1OC. The molecule has 144 valence electrons. The van der Waals surface area contributed by atoms with Crippen LogP contribution in [0.4, 0.5) is 5.69 Å².